The number of benzene rings is 2. The summed E-state index contributed by atoms with van der Waals surface area (Å²) in [6, 6.07) is 12.6. The van der Waals surface area contributed by atoms with E-state index in [0.29, 0.717) is 44.2 Å². The highest BCUT2D eigenvalue weighted by atomic mass is 16.5. The van der Waals surface area contributed by atoms with Crippen LogP contribution < -0.4 is 14.2 Å². The first-order chi connectivity index (χ1) is 19.5. The van der Waals surface area contributed by atoms with Gasteiger partial charge < -0.3 is 28.6 Å². The van der Waals surface area contributed by atoms with E-state index in [1.807, 2.05) is 42.5 Å². The van der Waals surface area contributed by atoms with Crippen molar-refractivity contribution < 1.29 is 33.3 Å². The Morgan fingerprint density at radius 2 is 1.68 bits per heavy atom. The molecule has 2 aliphatic rings. The van der Waals surface area contributed by atoms with Crippen LogP contribution in [0.1, 0.15) is 23.6 Å². The zero-order valence-electron chi connectivity index (χ0n) is 23.6. The Hall–Kier alpha value is -3.67. The fourth-order valence-corrected chi connectivity index (χ4v) is 4.87. The van der Waals surface area contributed by atoms with Gasteiger partial charge in [-0.25, -0.2) is 5.01 Å². The molecule has 0 aliphatic carbocycles. The van der Waals surface area contributed by atoms with Gasteiger partial charge in [0.05, 0.1) is 46.3 Å². The first-order valence-corrected chi connectivity index (χ1v) is 13.3. The third kappa shape index (κ3) is 7.09. The minimum absolute atomic E-state index is 0.107. The third-order valence-corrected chi connectivity index (χ3v) is 7.12. The van der Waals surface area contributed by atoms with Crippen LogP contribution in [0.15, 0.2) is 47.6 Å². The topological polar surface area (TPSA) is 102 Å². The van der Waals surface area contributed by atoms with Crippen molar-refractivity contribution in [3.05, 3.63) is 53.6 Å². The maximum atomic E-state index is 13.9. The number of methoxy groups -OCH3 is 4. The van der Waals surface area contributed by atoms with Gasteiger partial charge in [-0.2, -0.15) is 5.10 Å². The molecule has 0 spiro atoms. The molecule has 0 bridgehead atoms. The average Bonchev–Trinajstić information content (AvgIpc) is 3.45. The number of hydrogen-bond acceptors (Lipinski definition) is 9. The predicted molar refractivity (Wildman–Crippen MR) is 149 cm³/mol. The lowest BCUT2D eigenvalue weighted by Gasteiger charge is -2.31. The van der Waals surface area contributed by atoms with Crippen molar-refractivity contribution in [3.8, 4) is 17.2 Å². The van der Waals surface area contributed by atoms with Gasteiger partial charge in [-0.15, -0.1) is 0 Å². The first kappa shape index (κ1) is 29.3. The Kier molecular flexibility index (Phi) is 10.3. The summed E-state index contributed by atoms with van der Waals surface area (Å²) in [5.74, 6) is 1.44. The maximum absolute atomic E-state index is 13.9. The number of hydrogen-bond donors (Lipinski definition) is 0. The molecular weight excluding hydrogens is 516 g/mol. The highest BCUT2D eigenvalue weighted by Crippen LogP contribution is 2.39. The van der Waals surface area contributed by atoms with E-state index in [9.17, 15) is 9.59 Å². The van der Waals surface area contributed by atoms with E-state index in [-0.39, 0.29) is 25.0 Å². The minimum atomic E-state index is -0.451. The van der Waals surface area contributed by atoms with Gasteiger partial charge in [-0.1, -0.05) is 0 Å². The van der Waals surface area contributed by atoms with Crippen LogP contribution in [0, 0.1) is 0 Å². The summed E-state index contributed by atoms with van der Waals surface area (Å²) in [5.41, 5.74) is 2.39. The summed E-state index contributed by atoms with van der Waals surface area (Å²) in [4.78, 5) is 30.6. The first-order valence-electron chi connectivity index (χ1n) is 13.3. The number of amides is 2. The SMILES string of the molecule is COCC(=O)N(CCN1CCOCC1)CC(=O)N1N=C(c2ccc(OC)cc2)CC1c1cc(OC)ccc1OC. The molecular formula is C29H38N4O7. The lowest BCUT2D eigenvalue weighted by atomic mass is 9.97. The van der Waals surface area contributed by atoms with Crippen molar-refractivity contribution in [1.82, 2.24) is 14.8 Å². The molecule has 1 saturated heterocycles. The molecule has 2 aliphatic heterocycles. The van der Waals surface area contributed by atoms with Crippen LogP contribution >= 0.6 is 0 Å². The normalized spacial score (nSPS) is 17.4. The van der Waals surface area contributed by atoms with E-state index in [1.54, 1.807) is 26.2 Å². The van der Waals surface area contributed by atoms with Crippen LogP contribution in [0.25, 0.3) is 0 Å². The zero-order valence-corrected chi connectivity index (χ0v) is 23.6. The van der Waals surface area contributed by atoms with E-state index >= 15 is 0 Å². The molecule has 4 rings (SSSR count). The van der Waals surface area contributed by atoms with Crippen LogP contribution in [-0.4, -0.2) is 113 Å². The van der Waals surface area contributed by atoms with E-state index < -0.39 is 6.04 Å². The second-order valence-corrected chi connectivity index (χ2v) is 9.54. The summed E-state index contributed by atoms with van der Waals surface area (Å²) in [6.45, 7) is 3.69. The van der Waals surface area contributed by atoms with Gasteiger partial charge in [0, 0.05) is 45.3 Å². The molecule has 1 atom stereocenters. The molecule has 2 amide bonds. The van der Waals surface area contributed by atoms with Crippen LogP contribution in [-0.2, 0) is 19.1 Å². The monoisotopic (exact) mass is 554 g/mol. The van der Waals surface area contributed by atoms with Gasteiger partial charge in [0.25, 0.3) is 5.91 Å². The second kappa shape index (κ2) is 14.1. The number of hydrazone groups is 1. The van der Waals surface area contributed by atoms with E-state index in [0.717, 1.165) is 35.7 Å². The second-order valence-electron chi connectivity index (χ2n) is 9.54. The molecule has 11 nitrogen and oxygen atoms in total. The summed E-state index contributed by atoms with van der Waals surface area (Å²) in [5, 5.41) is 6.25. The van der Waals surface area contributed by atoms with Crippen molar-refractivity contribution in [2.24, 2.45) is 5.10 Å². The molecule has 2 aromatic carbocycles. The quantitative estimate of drug-likeness (QED) is 0.394. The van der Waals surface area contributed by atoms with Crippen molar-refractivity contribution in [2.45, 2.75) is 12.5 Å². The molecule has 1 fully saturated rings. The number of carbonyl (C=O) groups is 2. The average molecular weight is 555 g/mol. The Morgan fingerprint density at radius 3 is 2.33 bits per heavy atom. The summed E-state index contributed by atoms with van der Waals surface area (Å²) in [7, 11) is 6.27. The molecule has 216 valence electrons. The summed E-state index contributed by atoms with van der Waals surface area (Å²) in [6.07, 6.45) is 0.460. The fourth-order valence-electron chi connectivity index (χ4n) is 4.87. The molecule has 11 heteroatoms. The van der Waals surface area contributed by atoms with Crippen LogP contribution in [0.4, 0.5) is 0 Å². The van der Waals surface area contributed by atoms with Crippen LogP contribution in [0.2, 0.25) is 0 Å². The maximum Gasteiger partial charge on any atom is 0.262 e. The van der Waals surface area contributed by atoms with Gasteiger partial charge in [-0.05, 0) is 48.0 Å². The number of carbonyl (C=O) groups excluding carboxylic acids is 2. The molecule has 1 unspecified atom stereocenters. The molecule has 2 aromatic rings. The fraction of sp³-hybridized carbons (Fsp3) is 0.483. The number of rotatable bonds is 12. The highest BCUT2D eigenvalue weighted by Gasteiger charge is 2.36. The molecule has 2 heterocycles. The molecule has 0 N–H and O–H groups in total. The zero-order chi connectivity index (χ0) is 28.5. The summed E-state index contributed by atoms with van der Waals surface area (Å²) < 4.78 is 27.0. The Bertz CT molecular complexity index is 1180. The largest absolute Gasteiger partial charge is 0.497 e. The molecule has 0 aromatic heterocycles. The van der Waals surface area contributed by atoms with Gasteiger partial charge in [0.15, 0.2) is 0 Å². The van der Waals surface area contributed by atoms with E-state index in [1.165, 1.54) is 12.1 Å². The number of nitrogens with zero attached hydrogens (tertiary/aromatic N) is 4. The van der Waals surface area contributed by atoms with Gasteiger partial charge in [0.1, 0.15) is 30.4 Å². The number of ether oxygens (including phenoxy) is 5. The Balaban J connectivity index is 1.62. The van der Waals surface area contributed by atoms with E-state index in [2.05, 4.69) is 4.90 Å². The minimum Gasteiger partial charge on any atom is -0.497 e. The standard InChI is InChI=1S/C29H38N4O7/c1-36-20-29(35)32(12-11-31-13-15-40-16-14-31)19-28(34)33-26(24-17-23(38-3)9-10-27(24)39-4)18-25(30-33)21-5-7-22(37-2)8-6-21/h5-10,17,26H,11-16,18-20H2,1-4H3. The van der Waals surface area contributed by atoms with Crippen molar-refractivity contribution in [3.63, 3.8) is 0 Å². The lowest BCUT2D eigenvalue weighted by molar-refractivity contribution is -0.143. The van der Waals surface area contributed by atoms with Gasteiger partial charge >= 0.3 is 0 Å². The van der Waals surface area contributed by atoms with Crippen LogP contribution in [0.3, 0.4) is 0 Å². The van der Waals surface area contributed by atoms with Crippen molar-refractivity contribution >= 4 is 17.5 Å². The van der Waals surface area contributed by atoms with Crippen LogP contribution in [0.5, 0.6) is 17.2 Å². The van der Waals surface area contributed by atoms with E-state index in [4.69, 9.17) is 28.8 Å². The van der Waals surface area contributed by atoms with Crippen molar-refractivity contribution in [2.75, 3.05) is 81.0 Å². The van der Waals surface area contributed by atoms with Crippen molar-refractivity contribution in [1.29, 1.82) is 0 Å². The lowest BCUT2D eigenvalue weighted by Crippen LogP contribution is -2.47. The molecule has 0 radical (unpaired) electrons. The molecule has 0 saturated carbocycles. The third-order valence-electron chi connectivity index (χ3n) is 7.12. The predicted octanol–water partition coefficient (Wildman–Crippen LogP) is 2.20. The van der Waals surface area contributed by atoms with Gasteiger partial charge in [0.2, 0.25) is 5.91 Å². The Labute approximate surface area is 235 Å². The smallest absolute Gasteiger partial charge is 0.262 e. The summed E-state index contributed by atoms with van der Waals surface area (Å²) >= 11 is 0. The Morgan fingerprint density at radius 1 is 0.975 bits per heavy atom. The van der Waals surface area contributed by atoms with Gasteiger partial charge in [-0.3, -0.25) is 14.5 Å². The highest BCUT2D eigenvalue weighted by molar-refractivity contribution is 6.03. The molecule has 40 heavy (non-hydrogen) atoms. The number of morpholine rings is 1.